The summed E-state index contributed by atoms with van der Waals surface area (Å²) in [5.74, 6) is 0.408. The van der Waals surface area contributed by atoms with Crippen molar-refractivity contribution >= 4 is 5.96 Å². The smallest absolute Gasteiger partial charge is 0.191 e. The summed E-state index contributed by atoms with van der Waals surface area (Å²) in [6.07, 6.45) is 2.55. The zero-order valence-electron chi connectivity index (χ0n) is 12.9. The Morgan fingerprint density at radius 2 is 2.14 bits per heavy atom. The van der Waals surface area contributed by atoms with E-state index in [4.69, 9.17) is 4.74 Å². The van der Waals surface area contributed by atoms with Crippen molar-refractivity contribution < 1.29 is 13.5 Å². The van der Waals surface area contributed by atoms with Crippen molar-refractivity contribution in [2.45, 2.75) is 26.3 Å². The number of rotatable bonds is 8. The van der Waals surface area contributed by atoms with Gasteiger partial charge in [0.05, 0.1) is 13.2 Å². The number of nitrogens with one attached hydrogen (secondary N) is 2. The van der Waals surface area contributed by atoms with Crippen molar-refractivity contribution in [1.82, 2.24) is 10.6 Å². The first-order valence-corrected chi connectivity index (χ1v) is 7.73. The predicted octanol–water partition coefficient (Wildman–Crippen LogP) is 2.45. The summed E-state index contributed by atoms with van der Waals surface area (Å²) in [5.41, 5.74) is 0.238. The van der Waals surface area contributed by atoms with Crippen LogP contribution >= 0.6 is 0 Å². The molecule has 22 heavy (non-hydrogen) atoms. The fraction of sp³-hybridized carbons (Fsp3) is 0.562. The van der Waals surface area contributed by atoms with Crippen molar-refractivity contribution in [3.8, 4) is 0 Å². The molecule has 2 rings (SSSR count). The summed E-state index contributed by atoms with van der Waals surface area (Å²) in [7, 11) is 0. The average Bonchev–Trinajstić information content (AvgIpc) is 3.31. The van der Waals surface area contributed by atoms with Crippen LogP contribution in [0.1, 0.15) is 25.3 Å². The van der Waals surface area contributed by atoms with Gasteiger partial charge in [-0.15, -0.1) is 0 Å². The molecular weight excluding hydrogens is 288 g/mol. The SMILES string of the molecule is CCNC(=NCc1cc(F)ccc1F)NCCOCC1CC1. The molecule has 0 amide bonds. The first-order chi connectivity index (χ1) is 10.7. The van der Waals surface area contributed by atoms with Crippen LogP contribution in [0.15, 0.2) is 23.2 Å². The molecule has 1 aliphatic rings. The molecule has 0 saturated heterocycles. The second kappa shape index (κ2) is 8.68. The van der Waals surface area contributed by atoms with Crippen LogP contribution in [0.5, 0.6) is 0 Å². The van der Waals surface area contributed by atoms with Crippen LogP contribution in [0, 0.1) is 17.6 Å². The van der Waals surface area contributed by atoms with E-state index < -0.39 is 11.6 Å². The van der Waals surface area contributed by atoms with Gasteiger partial charge in [0.15, 0.2) is 5.96 Å². The molecule has 0 aromatic heterocycles. The van der Waals surface area contributed by atoms with E-state index in [1.54, 1.807) is 0 Å². The van der Waals surface area contributed by atoms with Gasteiger partial charge in [-0.05, 0) is 43.9 Å². The number of hydrogen-bond donors (Lipinski definition) is 2. The maximum atomic E-state index is 13.5. The van der Waals surface area contributed by atoms with Crippen LogP contribution in [0.3, 0.4) is 0 Å². The number of hydrogen-bond acceptors (Lipinski definition) is 2. The second-order valence-corrected chi connectivity index (χ2v) is 5.38. The van der Waals surface area contributed by atoms with Crippen LogP contribution in [0.25, 0.3) is 0 Å². The standard InChI is InChI=1S/C16H23F2N3O/c1-2-19-16(20-7-8-22-11-12-3-4-12)21-10-13-9-14(17)5-6-15(13)18/h5-6,9,12H,2-4,7-8,10-11H2,1H3,(H2,19,20,21). The van der Waals surface area contributed by atoms with E-state index in [0.717, 1.165) is 24.7 Å². The van der Waals surface area contributed by atoms with Gasteiger partial charge in [0, 0.05) is 25.3 Å². The molecule has 0 aliphatic heterocycles. The lowest BCUT2D eigenvalue weighted by molar-refractivity contribution is 0.129. The lowest BCUT2D eigenvalue weighted by Gasteiger charge is -2.11. The summed E-state index contributed by atoms with van der Waals surface area (Å²) >= 11 is 0. The number of aliphatic imine (C=N–C) groups is 1. The first kappa shape index (κ1) is 16.7. The fourth-order valence-corrected chi connectivity index (χ4v) is 1.95. The Labute approximate surface area is 130 Å². The number of guanidine groups is 1. The van der Waals surface area contributed by atoms with Crippen LogP contribution in [-0.2, 0) is 11.3 Å². The highest BCUT2D eigenvalue weighted by Crippen LogP contribution is 2.28. The molecule has 1 aromatic rings. The molecule has 2 N–H and O–H groups in total. The molecule has 1 aliphatic carbocycles. The van der Waals surface area contributed by atoms with Gasteiger partial charge in [-0.2, -0.15) is 0 Å². The first-order valence-electron chi connectivity index (χ1n) is 7.73. The van der Waals surface area contributed by atoms with Gasteiger partial charge in [0.1, 0.15) is 11.6 Å². The normalized spacial score (nSPS) is 15.0. The fourth-order valence-electron chi connectivity index (χ4n) is 1.95. The molecule has 0 unspecified atom stereocenters. The van der Waals surface area contributed by atoms with E-state index in [-0.39, 0.29) is 12.1 Å². The van der Waals surface area contributed by atoms with Gasteiger partial charge in [-0.1, -0.05) is 0 Å². The predicted molar refractivity (Wildman–Crippen MR) is 82.7 cm³/mol. The Bertz CT molecular complexity index is 504. The van der Waals surface area contributed by atoms with Gasteiger partial charge in [-0.3, -0.25) is 0 Å². The Balaban J connectivity index is 1.78. The van der Waals surface area contributed by atoms with Crippen LogP contribution in [0.2, 0.25) is 0 Å². The lowest BCUT2D eigenvalue weighted by atomic mass is 10.2. The van der Waals surface area contributed by atoms with Crippen molar-refractivity contribution in [3.63, 3.8) is 0 Å². The van der Waals surface area contributed by atoms with E-state index in [1.165, 1.54) is 18.9 Å². The lowest BCUT2D eigenvalue weighted by Crippen LogP contribution is -2.39. The molecule has 1 saturated carbocycles. The molecule has 122 valence electrons. The van der Waals surface area contributed by atoms with Gasteiger partial charge >= 0.3 is 0 Å². The molecular formula is C16H23F2N3O. The Kier molecular flexibility index (Phi) is 6.58. The number of ether oxygens (including phenoxy) is 1. The van der Waals surface area contributed by atoms with Gasteiger partial charge in [0.25, 0.3) is 0 Å². The molecule has 6 heteroatoms. The Hall–Kier alpha value is -1.69. The zero-order valence-corrected chi connectivity index (χ0v) is 12.9. The number of halogens is 2. The zero-order chi connectivity index (χ0) is 15.8. The van der Waals surface area contributed by atoms with E-state index in [2.05, 4.69) is 15.6 Å². The van der Waals surface area contributed by atoms with Crippen molar-refractivity contribution in [2.24, 2.45) is 10.9 Å². The topological polar surface area (TPSA) is 45.7 Å². The molecule has 0 atom stereocenters. The Morgan fingerprint density at radius 3 is 2.86 bits per heavy atom. The minimum absolute atomic E-state index is 0.0852. The summed E-state index contributed by atoms with van der Waals surface area (Å²) in [6, 6.07) is 3.39. The molecule has 0 spiro atoms. The molecule has 4 nitrogen and oxygen atoms in total. The third-order valence-corrected chi connectivity index (χ3v) is 3.35. The third kappa shape index (κ3) is 5.97. The van der Waals surface area contributed by atoms with E-state index >= 15 is 0 Å². The highest BCUT2D eigenvalue weighted by atomic mass is 19.1. The summed E-state index contributed by atoms with van der Waals surface area (Å²) in [6.45, 7) is 4.79. The summed E-state index contributed by atoms with van der Waals surface area (Å²) in [5, 5.41) is 6.18. The highest BCUT2D eigenvalue weighted by Gasteiger charge is 2.20. The van der Waals surface area contributed by atoms with Gasteiger partial charge in [0.2, 0.25) is 0 Å². The average molecular weight is 311 g/mol. The maximum Gasteiger partial charge on any atom is 0.191 e. The summed E-state index contributed by atoms with van der Waals surface area (Å²) < 4.78 is 32.2. The highest BCUT2D eigenvalue weighted by molar-refractivity contribution is 5.79. The van der Waals surface area contributed by atoms with Crippen molar-refractivity contribution in [3.05, 3.63) is 35.4 Å². The van der Waals surface area contributed by atoms with Crippen LogP contribution in [0.4, 0.5) is 8.78 Å². The molecule has 1 fully saturated rings. The van der Waals surface area contributed by atoms with E-state index in [0.29, 0.717) is 25.7 Å². The third-order valence-electron chi connectivity index (χ3n) is 3.35. The van der Waals surface area contributed by atoms with Crippen molar-refractivity contribution in [1.29, 1.82) is 0 Å². The maximum absolute atomic E-state index is 13.5. The molecule has 0 heterocycles. The minimum Gasteiger partial charge on any atom is -0.379 e. The quantitative estimate of drug-likeness (QED) is 0.440. The second-order valence-electron chi connectivity index (χ2n) is 5.38. The number of benzene rings is 1. The summed E-state index contributed by atoms with van der Waals surface area (Å²) in [4.78, 5) is 4.26. The van der Waals surface area contributed by atoms with Crippen LogP contribution < -0.4 is 10.6 Å². The van der Waals surface area contributed by atoms with Crippen molar-refractivity contribution in [2.75, 3.05) is 26.3 Å². The van der Waals surface area contributed by atoms with Gasteiger partial charge < -0.3 is 15.4 Å². The minimum atomic E-state index is -0.460. The number of nitrogens with zero attached hydrogens (tertiary/aromatic N) is 1. The largest absolute Gasteiger partial charge is 0.379 e. The van der Waals surface area contributed by atoms with Crippen LogP contribution in [-0.4, -0.2) is 32.3 Å². The van der Waals surface area contributed by atoms with E-state index in [1.807, 2.05) is 6.92 Å². The molecule has 0 radical (unpaired) electrons. The Morgan fingerprint density at radius 1 is 1.32 bits per heavy atom. The molecule has 0 bridgehead atoms. The monoisotopic (exact) mass is 311 g/mol. The molecule has 1 aromatic carbocycles. The van der Waals surface area contributed by atoms with E-state index in [9.17, 15) is 8.78 Å². The van der Waals surface area contributed by atoms with Gasteiger partial charge in [-0.25, -0.2) is 13.8 Å².